The Hall–Kier alpha value is -5.83. The van der Waals surface area contributed by atoms with Gasteiger partial charge in [0.25, 0.3) is 0 Å². The molecule has 0 aromatic carbocycles. The van der Waals surface area contributed by atoms with E-state index in [1.807, 2.05) is 36.4 Å². The van der Waals surface area contributed by atoms with E-state index >= 15 is 0 Å². The molecule has 5 aliphatic carbocycles. The van der Waals surface area contributed by atoms with E-state index in [1.165, 1.54) is 29.1 Å². The molecule has 1 unspecified atom stereocenters. The lowest BCUT2D eigenvalue weighted by atomic mass is 9.67. The SMILES string of the molecule is C/C=C1/C(=C(C#N)C#N)/C(=C/C2=Cc3sc4c(sc5cc(/C=C6\C(=O)C7=CCC(CC(F)(F)F)C=C7C6=C(C#N)C#N)sc54)c3C23CCCCC3)C(=O)/C1=C/NC. The highest BCUT2D eigenvalue weighted by molar-refractivity contribution is 7.39. The quantitative estimate of drug-likeness (QED) is 0.204. The maximum absolute atomic E-state index is 14.0. The summed E-state index contributed by atoms with van der Waals surface area (Å²) in [4.78, 5) is 29.5. The van der Waals surface area contributed by atoms with Crippen molar-refractivity contribution in [2.45, 2.75) is 63.5 Å². The predicted molar refractivity (Wildman–Crippen MR) is 216 cm³/mol. The predicted octanol–water partition coefficient (Wildman–Crippen LogP) is 10.8. The van der Waals surface area contributed by atoms with E-state index in [0.29, 0.717) is 22.3 Å². The maximum atomic E-state index is 14.0. The van der Waals surface area contributed by atoms with Crippen LogP contribution in [0.25, 0.3) is 31.0 Å². The van der Waals surface area contributed by atoms with Crippen molar-refractivity contribution in [1.82, 2.24) is 5.32 Å². The summed E-state index contributed by atoms with van der Waals surface area (Å²) in [6, 6.07) is 9.69. The third-order valence-corrected chi connectivity index (χ3v) is 15.1. The molecule has 7 nitrogen and oxygen atoms in total. The van der Waals surface area contributed by atoms with Crippen molar-refractivity contribution < 1.29 is 22.8 Å². The lowest BCUT2D eigenvalue weighted by Gasteiger charge is -2.36. The number of hydrogen-bond acceptors (Lipinski definition) is 10. The molecule has 3 aromatic heterocycles. The van der Waals surface area contributed by atoms with Gasteiger partial charge in [-0.2, -0.15) is 34.2 Å². The number of carbonyl (C=O) groups excluding carboxylic acids is 2. The average molecular weight is 814 g/mol. The minimum Gasteiger partial charge on any atom is -0.393 e. The van der Waals surface area contributed by atoms with Gasteiger partial charge in [0.05, 0.1) is 20.5 Å². The molecular weight excluding hydrogens is 784 g/mol. The maximum Gasteiger partial charge on any atom is 0.389 e. The highest BCUT2D eigenvalue weighted by Crippen LogP contribution is 2.60. The fourth-order valence-corrected chi connectivity index (χ4v) is 13.4. The number of thiophene rings is 3. The first-order valence-corrected chi connectivity index (χ1v) is 20.7. The Morgan fingerprint density at radius 2 is 1.54 bits per heavy atom. The number of nitrogens with one attached hydrogen (secondary N) is 1. The van der Waals surface area contributed by atoms with E-state index < -0.39 is 24.3 Å². The summed E-state index contributed by atoms with van der Waals surface area (Å²) in [5, 5.41) is 42.5. The second-order valence-corrected chi connectivity index (χ2v) is 17.7. The third kappa shape index (κ3) is 6.01. The van der Waals surface area contributed by atoms with Crippen molar-refractivity contribution in [2.24, 2.45) is 5.92 Å². The van der Waals surface area contributed by atoms with Crippen LogP contribution in [-0.4, -0.2) is 24.8 Å². The Morgan fingerprint density at radius 3 is 2.19 bits per heavy atom. The highest BCUT2D eigenvalue weighted by atomic mass is 32.1. The molecule has 1 N–H and O–H groups in total. The largest absolute Gasteiger partial charge is 0.393 e. The molecule has 1 spiro atoms. The Bertz CT molecular complexity index is 2810. The van der Waals surface area contributed by atoms with Crippen molar-refractivity contribution >= 4 is 76.5 Å². The number of carbonyl (C=O) groups is 2. The molecule has 3 aromatic rings. The summed E-state index contributed by atoms with van der Waals surface area (Å²) < 4.78 is 44.2. The fourth-order valence-electron chi connectivity index (χ4n) is 9.02. The van der Waals surface area contributed by atoms with Crippen LogP contribution in [0, 0.1) is 51.2 Å². The second-order valence-electron chi connectivity index (χ2n) is 14.5. The number of alkyl halides is 3. The minimum absolute atomic E-state index is 0.0315. The molecule has 1 atom stereocenters. The number of Topliss-reactive ketones (excluding diaryl/α,β-unsaturated/α-hetero) is 2. The zero-order valence-corrected chi connectivity index (χ0v) is 33.1. The number of hydrogen-bond donors (Lipinski definition) is 1. The van der Waals surface area contributed by atoms with E-state index in [9.17, 15) is 43.8 Å². The topological polar surface area (TPSA) is 141 Å². The first-order valence-electron chi connectivity index (χ1n) is 18.3. The van der Waals surface area contributed by atoms with Crippen LogP contribution in [0.1, 0.15) is 67.2 Å². The van der Waals surface area contributed by atoms with Crippen molar-refractivity contribution in [3.05, 3.63) is 113 Å². The average Bonchev–Trinajstić information content (AvgIpc) is 3.99. The first-order chi connectivity index (χ1) is 27.4. The van der Waals surface area contributed by atoms with E-state index in [2.05, 4.69) is 11.4 Å². The Labute approximate surface area is 338 Å². The molecule has 57 heavy (non-hydrogen) atoms. The van der Waals surface area contributed by atoms with Gasteiger partial charge in [0, 0.05) is 66.6 Å². The van der Waals surface area contributed by atoms with Crippen LogP contribution in [0.15, 0.2) is 97.9 Å². The monoisotopic (exact) mass is 813 g/mol. The Kier molecular flexibility index (Phi) is 9.53. The van der Waals surface area contributed by atoms with Crippen molar-refractivity contribution in [1.29, 1.82) is 21.0 Å². The number of fused-ring (bicyclic) bond motifs is 7. The number of halogens is 3. The van der Waals surface area contributed by atoms with Gasteiger partial charge in [0.1, 0.15) is 35.4 Å². The minimum atomic E-state index is -4.41. The van der Waals surface area contributed by atoms with Crippen LogP contribution in [-0.2, 0) is 15.0 Å². The normalized spacial score (nSPS) is 22.8. The molecule has 5 aliphatic rings. The first kappa shape index (κ1) is 38.1. The van der Waals surface area contributed by atoms with Crippen LogP contribution < -0.4 is 5.32 Å². The summed E-state index contributed by atoms with van der Waals surface area (Å²) in [5.74, 6) is -1.57. The number of nitrogens with zero attached hydrogens (tertiary/aromatic N) is 4. The summed E-state index contributed by atoms with van der Waals surface area (Å²) >= 11 is 4.79. The number of nitriles is 4. The van der Waals surface area contributed by atoms with E-state index in [0.717, 1.165) is 66.2 Å². The fraction of sp³-hybridized carbons (Fsp3) is 0.273. The molecule has 0 bridgehead atoms. The third-order valence-electron chi connectivity index (χ3n) is 11.3. The van der Waals surface area contributed by atoms with Gasteiger partial charge in [0.2, 0.25) is 0 Å². The van der Waals surface area contributed by atoms with Gasteiger partial charge in [-0.3, -0.25) is 9.59 Å². The van der Waals surface area contributed by atoms with Gasteiger partial charge < -0.3 is 5.32 Å². The molecule has 8 rings (SSSR count). The van der Waals surface area contributed by atoms with Gasteiger partial charge in [0.15, 0.2) is 11.6 Å². The molecule has 0 amide bonds. The molecule has 13 heteroatoms. The zero-order valence-electron chi connectivity index (χ0n) is 30.6. The molecule has 0 saturated heterocycles. The Morgan fingerprint density at radius 1 is 0.860 bits per heavy atom. The van der Waals surface area contributed by atoms with Crippen LogP contribution in [0.4, 0.5) is 13.2 Å². The van der Waals surface area contributed by atoms with Crippen LogP contribution in [0.2, 0.25) is 0 Å². The smallest absolute Gasteiger partial charge is 0.389 e. The second kappa shape index (κ2) is 14.3. The van der Waals surface area contributed by atoms with Gasteiger partial charge in [-0.15, -0.1) is 34.0 Å². The standard InChI is InChI=1S/C44H30F3N5O2S3/c1-3-27-32(21-52-2)39(54)30(35(27)23(17-48)18-49)12-25-13-33-37(43(25)9-5-4-6-10-43)41-42(56-33)40-34(57-41)15-26(55-40)14-31-36(24(19-50)20-51)29-11-22(16-44(45,46)47)7-8-28(29)38(31)53/h3,8,11-15,21-22,52H,4-7,9-10,16H2,1-2H3/b27-3+,30-12-,31-14-,32-21+. The molecule has 0 aliphatic heterocycles. The highest BCUT2D eigenvalue weighted by Gasteiger charge is 2.46. The molecule has 282 valence electrons. The van der Waals surface area contributed by atoms with E-state index in [4.69, 9.17) is 0 Å². The molecule has 3 saturated carbocycles. The van der Waals surface area contributed by atoms with Crippen LogP contribution in [0.5, 0.6) is 0 Å². The molecule has 3 heterocycles. The molecular formula is C44H30F3N5O2S3. The van der Waals surface area contributed by atoms with Gasteiger partial charge in [-0.05, 0) is 78.7 Å². The van der Waals surface area contributed by atoms with Gasteiger partial charge in [-0.25, -0.2) is 0 Å². The van der Waals surface area contributed by atoms with Crippen molar-refractivity contribution in [3.8, 4) is 24.3 Å². The van der Waals surface area contributed by atoms with Gasteiger partial charge >= 0.3 is 6.18 Å². The van der Waals surface area contributed by atoms with Gasteiger partial charge in [-0.1, -0.05) is 37.5 Å². The number of allylic oxidation sites excluding steroid dienone is 15. The molecule has 3 fully saturated rings. The number of ketones is 2. The molecule has 0 radical (unpaired) electrons. The summed E-state index contributed by atoms with van der Waals surface area (Å²) in [6.07, 6.45) is 11.4. The van der Waals surface area contributed by atoms with Crippen LogP contribution >= 0.6 is 34.0 Å². The lowest BCUT2D eigenvalue weighted by molar-refractivity contribution is -0.141. The Balaban J connectivity index is 1.24. The van der Waals surface area contributed by atoms with E-state index in [1.54, 1.807) is 55.0 Å². The lowest BCUT2D eigenvalue weighted by Crippen LogP contribution is -2.28. The summed E-state index contributed by atoms with van der Waals surface area (Å²) in [6.45, 7) is 1.78. The number of rotatable bonds is 4. The van der Waals surface area contributed by atoms with Crippen molar-refractivity contribution in [2.75, 3.05) is 7.05 Å². The summed E-state index contributed by atoms with van der Waals surface area (Å²) in [5.41, 5.74) is 3.70. The zero-order chi connectivity index (χ0) is 40.4. The van der Waals surface area contributed by atoms with Crippen molar-refractivity contribution in [3.63, 3.8) is 0 Å². The summed E-state index contributed by atoms with van der Waals surface area (Å²) in [7, 11) is 1.70. The van der Waals surface area contributed by atoms with Crippen LogP contribution in [0.3, 0.4) is 0 Å². The van der Waals surface area contributed by atoms with E-state index in [-0.39, 0.29) is 51.1 Å².